The van der Waals surface area contributed by atoms with Crippen LogP contribution in [0.25, 0.3) is 0 Å². The molecule has 1 saturated heterocycles. The summed E-state index contributed by atoms with van der Waals surface area (Å²) >= 11 is 7.47. The minimum Gasteiger partial charge on any atom is -0.480 e. The molecule has 1 fully saturated rings. The number of aryl methyl sites for hydroxylation is 1. The quantitative estimate of drug-likeness (QED) is 0.926. The number of nitrogens with zero attached hydrogens (tertiary/aromatic N) is 1. The third kappa shape index (κ3) is 3.50. The van der Waals surface area contributed by atoms with Crippen molar-refractivity contribution in [2.24, 2.45) is 0 Å². The third-order valence-electron chi connectivity index (χ3n) is 3.27. The first kappa shape index (κ1) is 15.3. The standard InChI is InChI=1S/C13H16ClNO4S/c1-8-7-20-12(11(8)14)13(18)15-4-2-9(3-5-15)19-6-10(16)17/h7,9H,2-6H2,1H3,(H,16,17). The van der Waals surface area contributed by atoms with Crippen LogP contribution in [0.2, 0.25) is 5.02 Å². The highest BCUT2D eigenvalue weighted by molar-refractivity contribution is 7.13. The molecule has 1 aliphatic rings. The number of carboxylic acid groups (broad SMARTS) is 1. The lowest BCUT2D eigenvalue weighted by molar-refractivity contribution is -0.145. The van der Waals surface area contributed by atoms with E-state index in [4.69, 9.17) is 21.4 Å². The Labute approximate surface area is 126 Å². The number of carboxylic acids is 1. The van der Waals surface area contributed by atoms with Crippen LogP contribution in [0.15, 0.2) is 5.38 Å². The number of carbonyl (C=O) groups excluding carboxylic acids is 1. The lowest BCUT2D eigenvalue weighted by Crippen LogP contribution is -2.41. The molecule has 1 amide bonds. The zero-order valence-electron chi connectivity index (χ0n) is 11.1. The summed E-state index contributed by atoms with van der Waals surface area (Å²) in [5.41, 5.74) is 0.916. The summed E-state index contributed by atoms with van der Waals surface area (Å²) in [6, 6.07) is 0. The van der Waals surface area contributed by atoms with E-state index >= 15 is 0 Å². The highest BCUT2D eigenvalue weighted by Crippen LogP contribution is 2.29. The van der Waals surface area contributed by atoms with Crippen molar-refractivity contribution >= 4 is 34.8 Å². The Balaban J connectivity index is 1.89. The van der Waals surface area contributed by atoms with E-state index in [-0.39, 0.29) is 18.6 Å². The molecular weight excluding hydrogens is 302 g/mol. The van der Waals surface area contributed by atoms with Crippen LogP contribution in [0.4, 0.5) is 0 Å². The van der Waals surface area contributed by atoms with E-state index in [2.05, 4.69) is 0 Å². The van der Waals surface area contributed by atoms with Crippen molar-refractivity contribution in [2.45, 2.75) is 25.9 Å². The van der Waals surface area contributed by atoms with Crippen molar-refractivity contribution < 1.29 is 19.4 Å². The first-order chi connectivity index (χ1) is 9.49. The maximum absolute atomic E-state index is 12.3. The topological polar surface area (TPSA) is 66.8 Å². The number of amides is 1. The number of hydrogen-bond acceptors (Lipinski definition) is 4. The van der Waals surface area contributed by atoms with Gasteiger partial charge in [0, 0.05) is 13.1 Å². The summed E-state index contributed by atoms with van der Waals surface area (Å²) in [5, 5.41) is 11.0. The molecule has 0 unspecified atom stereocenters. The van der Waals surface area contributed by atoms with Crippen molar-refractivity contribution in [3.63, 3.8) is 0 Å². The largest absolute Gasteiger partial charge is 0.480 e. The summed E-state index contributed by atoms with van der Waals surface area (Å²) in [6.07, 6.45) is 1.22. The van der Waals surface area contributed by atoms with Gasteiger partial charge in [-0.25, -0.2) is 4.79 Å². The average Bonchev–Trinajstić information content (AvgIpc) is 2.76. The van der Waals surface area contributed by atoms with E-state index in [1.165, 1.54) is 11.3 Å². The first-order valence-electron chi connectivity index (χ1n) is 6.35. The number of halogens is 1. The van der Waals surface area contributed by atoms with Gasteiger partial charge in [0.05, 0.1) is 11.1 Å². The molecule has 2 heterocycles. The zero-order valence-corrected chi connectivity index (χ0v) is 12.7. The molecule has 1 N–H and O–H groups in total. The van der Waals surface area contributed by atoms with Gasteiger partial charge in [-0.3, -0.25) is 4.79 Å². The molecule has 1 aliphatic heterocycles. The van der Waals surface area contributed by atoms with Crippen LogP contribution in [0, 0.1) is 6.92 Å². The SMILES string of the molecule is Cc1csc(C(=O)N2CCC(OCC(=O)O)CC2)c1Cl. The Morgan fingerprint density at radius 1 is 1.50 bits per heavy atom. The Morgan fingerprint density at radius 2 is 2.15 bits per heavy atom. The summed E-state index contributed by atoms with van der Waals surface area (Å²) in [7, 11) is 0. The Kier molecular flexibility index (Phi) is 5.01. The van der Waals surface area contributed by atoms with Gasteiger partial charge < -0.3 is 14.7 Å². The minimum absolute atomic E-state index is 0.0511. The molecule has 0 atom stereocenters. The van der Waals surface area contributed by atoms with E-state index in [0.717, 1.165) is 5.56 Å². The van der Waals surface area contributed by atoms with Crippen LogP contribution in [-0.2, 0) is 9.53 Å². The lowest BCUT2D eigenvalue weighted by atomic mass is 10.1. The smallest absolute Gasteiger partial charge is 0.329 e. The molecular formula is C13H16ClNO4S. The predicted octanol–water partition coefficient (Wildman–Crippen LogP) is 2.42. The van der Waals surface area contributed by atoms with Gasteiger partial charge in [-0.15, -0.1) is 11.3 Å². The van der Waals surface area contributed by atoms with Gasteiger partial charge in [0.25, 0.3) is 5.91 Å². The Hall–Kier alpha value is -1.11. The highest BCUT2D eigenvalue weighted by atomic mass is 35.5. The van der Waals surface area contributed by atoms with E-state index < -0.39 is 5.97 Å². The molecule has 1 aromatic heterocycles. The van der Waals surface area contributed by atoms with Gasteiger partial charge in [-0.2, -0.15) is 0 Å². The second-order valence-corrected chi connectivity index (χ2v) is 6.02. The summed E-state index contributed by atoms with van der Waals surface area (Å²) in [5.74, 6) is -1.02. The minimum atomic E-state index is -0.968. The average molecular weight is 318 g/mol. The van der Waals surface area contributed by atoms with E-state index in [1.54, 1.807) is 4.90 Å². The highest BCUT2D eigenvalue weighted by Gasteiger charge is 2.26. The monoisotopic (exact) mass is 317 g/mol. The summed E-state index contributed by atoms with van der Waals surface area (Å²) < 4.78 is 5.25. The molecule has 20 heavy (non-hydrogen) atoms. The van der Waals surface area contributed by atoms with Gasteiger partial charge in [0.1, 0.15) is 11.5 Å². The van der Waals surface area contributed by atoms with Gasteiger partial charge in [-0.05, 0) is 30.7 Å². The van der Waals surface area contributed by atoms with Crippen LogP contribution in [-0.4, -0.2) is 47.7 Å². The number of likely N-dealkylation sites (tertiary alicyclic amines) is 1. The molecule has 0 aromatic carbocycles. The number of ether oxygens (including phenoxy) is 1. The van der Waals surface area contributed by atoms with Crippen LogP contribution in [0.3, 0.4) is 0 Å². The second kappa shape index (κ2) is 6.56. The van der Waals surface area contributed by atoms with E-state index in [9.17, 15) is 9.59 Å². The number of aliphatic carboxylic acids is 1. The molecule has 0 aliphatic carbocycles. The number of piperidine rings is 1. The Bertz CT molecular complexity index is 508. The van der Waals surface area contributed by atoms with Crippen molar-refractivity contribution in [3.05, 3.63) is 20.8 Å². The first-order valence-corrected chi connectivity index (χ1v) is 7.61. The number of thiophene rings is 1. The molecule has 1 aromatic rings. The summed E-state index contributed by atoms with van der Waals surface area (Å²) in [6.45, 7) is 2.73. The molecule has 5 nitrogen and oxygen atoms in total. The second-order valence-electron chi connectivity index (χ2n) is 4.76. The molecule has 0 spiro atoms. The summed E-state index contributed by atoms with van der Waals surface area (Å²) in [4.78, 5) is 25.1. The molecule has 0 bridgehead atoms. The van der Waals surface area contributed by atoms with Gasteiger partial charge in [0.15, 0.2) is 0 Å². The molecule has 110 valence electrons. The van der Waals surface area contributed by atoms with Gasteiger partial charge in [-0.1, -0.05) is 11.6 Å². The zero-order chi connectivity index (χ0) is 14.7. The Morgan fingerprint density at radius 3 is 2.65 bits per heavy atom. The van der Waals surface area contributed by atoms with Crippen molar-refractivity contribution in [1.29, 1.82) is 0 Å². The van der Waals surface area contributed by atoms with Crippen LogP contribution in [0.5, 0.6) is 0 Å². The van der Waals surface area contributed by atoms with Crippen LogP contribution >= 0.6 is 22.9 Å². The van der Waals surface area contributed by atoms with Crippen molar-refractivity contribution in [2.75, 3.05) is 19.7 Å². The van der Waals surface area contributed by atoms with Crippen molar-refractivity contribution in [1.82, 2.24) is 4.90 Å². The van der Waals surface area contributed by atoms with E-state index in [0.29, 0.717) is 35.8 Å². The fourth-order valence-corrected chi connectivity index (χ4v) is 3.37. The fraction of sp³-hybridized carbons (Fsp3) is 0.538. The van der Waals surface area contributed by atoms with E-state index in [1.807, 2.05) is 12.3 Å². The maximum atomic E-state index is 12.3. The fourth-order valence-electron chi connectivity index (χ4n) is 2.13. The van der Waals surface area contributed by atoms with Crippen LogP contribution < -0.4 is 0 Å². The predicted molar refractivity (Wildman–Crippen MR) is 76.6 cm³/mol. The maximum Gasteiger partial charge on any atom is 0.329 e. The number of carbonyl (C=O) groups is 2. The molecule has 2 rings (SSSR count). The third-order valence-corrected chi connectivity index (χ3v) is 4.95. The van der Waals surface area contributed by atoms with Gasteiger partial charge >= 0.3 is 5.97 Å². The molecule has 0 saturated carbocycles. The number of hydrogen-bond donors (Lipinski definition) is 1. The molecule has 0 radical (unpaired) electrons. The number of rotatable bonds is 4. The van der Waals surface area contributed by atoms with Gasteiger partial charge in [0.2, 0.25) is 0 Å². The molecule has 7 heteroatoms. The normalized spacial score (nSPS) is 16.4. The lowest BCUT2D eigenvalue weighted by Gasteiger charge is -2.31. The van der Waals surface area contributed by atoms with Crippen LogP contribution in [0.1, 0.15) is 28.1 Å². The van der Waals surface area contributed by atoms with Crippen molar-refractivity contribution in [3.8, 4) is 0 Å².